The molecule has 1 heterocycles. The van der Waals surface area contributed by atoms with E-state index in [0.717, 1.165) is 0 Å². The number of carbonyl (C=O) groups is 2. The van der Waals surface area contributed by atoms with Gasteiger partial charge in [-0.15, -0.1) is 0 Å². The fraction of sp³-hybridized carbons (Fsp3) is 0. The zero-order chi connectivity index (χ0) is 17.8. The SMILES string of the molecule is O=C(Nc1ncccc1O)c1ccccc1C(=O)c1ccc(Cl)cc1. The Balaban J connectivity index is 1.93. The third-order valence-electron chi connectivity index (χ3n) is 3.54. The number of carbonyl (C=O) groups excluding carboxylic acids is 2. The summed E-state index contributed by atoms with van der Waals surface area (Å²) in [6.45, 7) is 0. The maximum absolute atomic E-state index is 12.7. The average molecular weight is 353 g/mol. The van der Waals surface area contributed by atoms with Crippen LogP contribution in [0.3, 0.4) is 0 Å². The molecule has 0 radical (unpaired) electrons. The Morgan fingerprint density at radius 1 is 0.920 bits per heavy atom. The third kappa shape index (κ3) is 3.67. The van der Waals surface area contributed by atoms with Gasteiger partial charge in [0.25, 0.3) is 5.91 Å². The Labute approximate surface area is 148 Å². The minimum atomic E-state index is -0.535. The van der Waals surface area contributed by atoms with Crippen molar-refractivity contribution < 1.29 is 14.7 Å². The van der Waals surface area contributed by atoms with E-state index in [1.807, 2.05) is 0 Å². The highest BCUT2D eigenvalue weighted by molar-refractivity contribution is 6.30. The number of aromatic nitrogens is 1. The first-order chi connectivity index (χ1) is 12.1. The van der Waals surface area contributed by atoms with E-state index in [1.54, 1.807) is 54.6 Å². The summed E-state index contributed by atoms with van der Waals surface area (Å²) in [7, 11) is 0. The highest BCUT2D eigenvalue weighted by atomic mass is 35.5. The Morgan fingerprint density at radius 3 is 2.28 bits per heavy atom. The normalized spacial score (nSPS) is 10.3. The largest absolute Gasteiger partial charge is 0.504 e. The number of halogens is 1. The number of aromatic hydroxyl groups is 1. The Bertz CT molecular complexity index is 939. The van der Waals surface area contributed by atoms with Crippen LogP contribution in [-0.2, 0) is 0 Å². The summed E-state index contributed by atoms with van der Waals surface area (Å²) in [5, 5.41) is 12.8. The van der Waals surface area contributed by atoms with E-state index < -0.39 is 5.91 Å². The van der Waals surface area contributed by atoms with Gasteiger partial charge in [-0.25, -0.2) is 4.98 Å². The van der Waals surface area contributed by atoms with Gasteiger partial charge in [-0.3, -0.25) is 9.59 Å². The van der Waals surface area contributed by atoms with Crippen LogP contribution in [0.25, 0.3) is 0 Å². The lowest BCUT2D eigenvalue weighted by Crippen LogP contribution is -2.17. The van der Waals surface area contributed by atoms with Gasteiger partial charge in [0.1, 0.15) is 0 Å². The van der Waals surface area contributed by atoms with Crippen molar-refractivity contribution in [1.29, 1.82) is 0 Å². The van der Waals surface area contributed by atoms with Crippen LogP contribution in [0.4, 0.5) is 5.82 Å². The number of pyridine rings is 1. The summed E-state index contributed by atoms with van der Waals surface area (Å²) in [4.78, 5) is 29.2. The van der Waals surface area contributed by atoms with Gasteiger partial charge in [0.05, 0.1) is 5.56 Å². The predicted octanol–water partition coefficient (Wildman–Crippen LogP) is 3.92. The molecule has 0 saturated heterocycles. The lowest BCUT2D eigenvalue weighted by molar-refractivity contribution is 0.0996. The minimum Gasteiger partial charge on any atom is -0.504 e. The second-order valence-electron chi connectivity index (χ2n) is 5.21. The molecule has 1 amide bonds. The first-order valence-electron chi connectivity index (χ1n) is 7.41. The summed E-state index contributed by atoms with van der Waals surface area (Å²) in [5.74, 6) is -0.960. The van der Waals surface area contributed by atoms with Crippen LogP contribution in [0.5, 0.6) is 5.75 Å². The summed E-state index contributed by atoms with van der Waals surface area (Å²) >= 11 is 5.84. The van der Waals surface area contributed by atoms with Crippen LogP contribution < -0.4 is 5.32 Å². The first-order valence-corrected chi connectivity index (χ1v) is 7.78. The molecule has 2 aromatic carbocycles. The number of ketones is 1. The minimum absolute atomic E-state index is 0.0289. The van der Waals surface area contributed by atoms with Gasteiger partial charge in [0, 0.05) is 22.3 Å². The standard InChI is InChI=1S/C19H13ClN2O3/c20-13-9-7-12(8-10-13)17(24)14-4-1-2-5-15(14)19(25)22-18-16(23)6-3-11-21-18/h1-11,23H,(H,21,22,25). The molecule has 0 bridgehead atoms. The van der Waals surface area contributed by atoms with Gasteiger partial charge in [0.2, 0.25) is 0 Å². The first kappa shape index (κ1) is 16.7. The fourth-order valence-corrected chi connectivity index (χ4v) is 2.43. The number of hydrogen-bond donors (Lipinski definition) is 2. The van der Waals surface area contributed by atoms with Gasteiger partial charge in [0.15, 0.2) is 17.4 Å². The number of nitrogens with zero attached hydrogens (tertiary/aromatic N) is 1. The number of anilines is 1. The number of amides is 1. The highest BCUT2D eigenvalue weighted by Gasteiger charge is 2.19. The molecule has 5 nitrogen and oxygen atoms in total. The molecule has 0 saturated carbocycles. The van der Waals surface area contributed by atoms with Crippen molar-refractivity contribution in [1.82, 2.24) is 4.98 Å². The molecule has 0 unspecified atom stereocenters. The van der Waals surface area contributed by atoms with Gasteiger partial charge < -0.3 is 10.4 Å². The molecule has 1 aromatic heterocycles. The van der Waals surface area contributed by atoms with E-state index in [-0.39, 0.29) is 28.5 Å². The molecule has 0 spiro atoms. The van der Waals surface area contributed by atoms with Crippen LogP contribution in [0.1, 0.15) is 26.3 Å². The molecule has 3 aromatic rings. The van der Waals surface area contributed by atoms with Gasteiger partial charge in [-0.1, -0.05) is 29.8 Å². The number of benzene rings is 2. The lowest BCUT2D eigenvalue weighted by atomic mass is 9.98. The van der Waals surface area contributed by atoms with Crippen molar-refractivity contribution >= 4 is 29.1 Å². The number of rotatable bonds is 4. The van der Waals surface area contributed by atoms with Gasteiger partial charge >= 0.3 is 0 Å². The maximum atomic E-state index is 12.7. The molecule has 124 valence electrons. The van der Waals surface area contributed by atoms with Crippen molar-refractivity contribution in [2.24, 2.45) is 0 Å². The van der Waals surface area contributed by atoms with Crippen LogP contribution in [0.15, 0.2) is 66.9 Å². The second-order valence-corrected chi connectivity index (χ2v) is 5.64. The van der Waals surface area contributed by atoms with Crippen molar-refractivity contribution in [2.75, 3.05) is 5.32 Å². The van der Waals surface area contributed by atoms with Crippen molar-refractivity contribution in [3.05, 3.63) is 88.6 Å². The molecule has 0 atom stereocenters. The van der Waals surface area contributed by atoms with E-state index >= 15 is 0 Å². The number of hydrogen-bond acceptors (Lipinski definition) is 4. The number of nitrogens with one attached hydrogen (secondary N) is 1. The van der Waals surface area contributed by atoms with Gasteiger partial charge in [-0.05, 0) is 42.5 Å². The Morgan fingerprint density at radius 2 is 1.60 bits per heavy atom. The summed E-state index contributed by atoms with van der Waals surface area (Å²) in [5.41, 5.74) is 0.857. The fourth-order valence-electron chi connectivity index (χ4n) is 2.30. The summed E-state index contributed by atoms with van der Waals surface area (Å²) in [6, 6.07) is 15.8. The van der Waals surface area contributed by atoms with Crippen molar-refractivity contribution in [3.63, 3.8) is 0 Å². The quantitative estimate of drug-likeness (QED) is 0.697. The zero-order valence-electron chi connectivity index (χ0n) is 12.9. The monoisotopic (exact) mass is 352 g/mol. The highest BCUT2D eigenvalue weighted by Crippen LogP contribution is 2.21. The van der Waals surface area contributed by atoms with E-state index in [2.05, 4.69) is 10.3 Å². The molecule has 0 aliphatic carbocycles. The molecule has 0 fully saturated rings. The van der Waals surface area contributed by atoms with E-state index in [0.29, 0.717) is 10.6 Å². The molecular formula is C19H13ClN2O3. The summed E-state index contributed by atoms with van der Waals surface area (Å²) in [6.07, 6.45) is 1.44. The van der Waals surface area contributed by atoms with Crippen molar-refractivity contribution in [2.45, 2.75) is 0 Å². The smallest absolute Gasteiger partial charge is 0.257 e. The molecule has 25 heavy (non-hydrogen) atoms. The molecule has 0 aliphatic rings. The third-order valence-corrected chi connectivity index (χ3v) is 3.79. The Hall–Kier alpha value is -3.18. The second kappa shape index (κ2) is 7.15. The van der Waals surface area contributed by atoms with Crippen LogP contribution in [-0.4, -0.2) is 21.8 Å². The van der Waals surface area contributed by atoms with Crippen LogP contribution in [0, 0.1) is 0 Å². The molecular weight excluding hydrogens is 340 g/mol. The lowest BCUT2D eigenvalue weighted by Gasteiger charge is -2.10. The molecule has 0 aliphatic heterocycles. The van der Waals surface area contributed by atoms with E-state index in [1.165, 1.54) is 12.3 Å². The van der Waals surface area contributed by atoms with E-state index in [9.17, 15) is 14.7 Å². The van der Waals surface area contributed by atoms with Crippen molar-refractivity contribution in [3.8, 4) is 5.75 Å². The topological polar surface area (TPSA) is 79.3 Å². The average Bonchev–Trinajstić information content (AvgIpc) is 2.63. The predicted molar refractivity (Wildman–Crippen MR) is 95.2 cm³/mol. The molecule has 2 N–H and O–H groups in total. The van der Waals surface area contributed by atoms with E-state index in [4.69, 9.17) is 11.6 Å². The van der Waals surface area contributed by atoms with Gasteiger partial charge in [-0.2, -0.15) is 0 Å². The Kier molecular flexibility index (Phi) is 4.77. The molecule has 3 rings (SSSR count). The zero-order valence-corrected chi connectivity index (χ0v) is 13.7. The van der Waals surface area contributed by atoms with Crippen LogP contribution in [0.2, 0.25) is 5.02 Å². The molecule has 6 heteroatoms. The van der Waals surface area contributed by atoms with Crippen LogP contribution >= 0.6 is 11.6 Å². The summed E-state index contributed by atoms with van der Waals surface area (Å²) < 4.78 is 0. The maximum Gasteiger partial charge on any atom is 0.257 e.